The number of aromatic hydroxyl groups is 1. The third-order valence-electron chi connectivity index (χ3n) is 9.35. The Bertz CT molecular complexity index is 1560. The van der Waals surface area contributed by atoms with Crippen molar-refractivity contribution in [2.24, 2.45) is 17.8 Å². The molecular weight excluding hydrogens is 664 g/mol. The molecule has 272 valence electrons. The summed E-state index contributed by atoms with van der Waals surface area (Å²) < 4.78 is 39.2. The molecule has 1 aromatic rings. The zero-order chi connectivity index (χ0) is 36.3. The molecule has 0 spiro atoms. The van der Waals surface area contributed by atoms with E-state index in [4.69, 9.17) is 33.2 Å². The summed E-state index contributed by atoms with van der Waals surface area (Å²) >= 11 is 0. The molecule has 1 aromatic carbocycles. The molecular formula is C34H40O16. The molecule has 50 heavy (non-hydrogen) atoms. The lowest BCUT2D eigenvalue weighted by atomic mass is 9.83. The van der Waals surface area contributed by atoms with Crippen LogP contribution in [-0.2, 0) is 42.7 Å². The number of ether oxygens (including phenoxy) is 7. The highest BCUT2D eigenvalue weighted by Crippen LogP contribution is 2.49. The van der Waals surface area contributed by atoms with Crippen molar-refractivity contribution in [2.45, 2.75) is 69.0 Å². The number of aliphatic hydroxyl groups is 4. The van der Waals surface area contributed by atoms with Gasteiger partial charge in [-0.25, -0.2) is 14.4 Å². The Morgan fingerprint density at radius 2 is 1.82 bits per heavy atom. The summed E-state index contributed by atoms with van der Waals surface area (Å²) in [4.78, 5) is 38.1. The van der Waals surface area contributed by atoms with E-state index in [0.717, 1.165) is 12.3 Å². The van der Waals surface area contributed by atoms with Crippen LogP contribution in [0, 0.1) is 17.8 Å². The number of phenols is 1. The maximum atomic E-state index is 13.0. The highest BCUT2D eigenvalue weighted by molar-refractivity contribution is 5.90. The van der Waals surface area contributed by atoms with Crippen LogP contribution in [0.1, 0.15) is 30.1 Å². The molecule has 0 radical (unpaired) electrons. The van der Waals surface area contributed by atoms with Crippen LogP contribution in [0.15, 0.2) is 71.4 Å². The Morgan fingerprint density at radius 3 is 2.48 bits per heavy atom. The summed E-state index contributed by atoms with van der Waals surface area (Å²) in [5.41, 5.74) is 0.537. The fourth-order valence-electron chi connectivity index (χ4n) is 6.67. The first-order valence-electron chi connectivity index (χ1n) is 15.8. The number of hydrogen-bond acceptors (Lipinski definition) is 15. The highest BCUT2D eigenvalue weighted by atomic mass is 16.8. The minimum Gasteiger partial charge on any atom is -0.508 e. The average molecular weight is 705 g/mol. The number of benzene rings is 1. The van der Waals surface area contributed by atoms with E-state index in [1.807, 2.05) is 0 Å². The first-order chi connectivity index (χ1) is 23.9. The van der Waals surface area contributed by atoms with E-state index in [2.05, 4.69) is 0 Å². The second-order valence-electron chi connectivity index (χ2n) is 12.3. The molecule has 2 heterocycles. The first kappa shape index (κ1) is 36.8. The molecule has 16 heteroatoms. The molecule has 2 aliphatic carbocycles. The second-order valence-corrected chi connectivity index (χ2v) is 12.3. The molecule has 4 aliphatic rings. The lowest BCUT2D eigenvalue weighted by Crippen LogP contribution is -2.61. The quantitative estimate of drug-likeness (QED) is 0.140. The number of esters is 2. The molecule has 0 amide bonds. The highest BCUT2D eigenvalue weighted by Gasteiger charge is 2.55. The Kier molecular flexibility index (Phi) is 11.5. The van der Waals surface area contributed by atoms with Crippen LogP contribution in [0.2, 0.25) is 0 Å². The summed E-state index contributed by atoms with van der Waals surface area (Å²) in [6.45, 7) is 0.979. The number of rotatable bonds is 11. The van der Waals surface area contributed by atoms with Crippen molar-refractivity contribution in [2.75, 3.05) is 20.8 Å². The number of methoxy groups -OCH3 is 2. The smallest absolute Gasteiger partial charge is 0.338 e. The number of allylic oxidation sites excluding steroid dienone is 2. The van der Waals surface area contributed by atoms with Crippen LogP contribution in [0.25, 0.3) is 0 Å². The minimum absolute atomic E-state index is 0.0879. The van der Waals surface area contributed by atoms with Crippen molar-refractivity contribution in [3.05, 3.63) is 77.0 Å². The molecule has 2 aliphatic heterocycles. The van der Waals surface area contributed by atoms with E-state index in [1.54, 1.807) is 6.92 Å². The van der Waals surface area contributed by atoms with Crippen LogP contribution in [0.3, 0.4) is 0 Å². The molecule has 0 aromatic heterocycles. The Balaban J connectivity index is 1.35. The normalized spacial score (nSPS) is 33.9. The van der Waals surface area contributed by atoms with Gasteiger partial charge in [0.1, 0.15) is 36.3 Å². The van der Waals surface area contributed by atoms with Gasteiger partial charge >= 0.3 is 17.9 Å². The van der Waals surface area contributed by atoms with Crippen LogP contribution in [0.4, 0.5) is 0 Å². The van der Waals surface area contributed by atoms with Crippen molar-refractivity contribution in [3.63, 3.8) is 0 Å². The number of carbonyl (C=O) groups excluding carboxylic acids is 2. The third-order valence-corrected chi connectivity index (χ3v) is 9.35. The monoisotopic (exact) mass is 704 g/mol. The van der Waals surface area contributed by atoms with E-state index in [0.29, 0.717) is 5.57 Å². The number of carboxylic acid groups (broad SMARTS) is 1. The zero-order valence-electron chi connectivity index (χ0n) is 27.4. The maximum absolute atomic E-state index is 13.0. The van der Waals surface area contributed by atoms with Crippen LogP contribution in [0.5, 0.6) is 5.75 Å². The van der Waals surface area contributed by atoms with Crippen molar-refractivity contribution in [1.82, 2.24) is 0 Å². The van der Waals surface area contributed by atoms with E-state index in [1.165, 1.54) is 50.6 Å². The van der Waals surface area contributed by atoms with Gasteiger partial charge in [0.2, 0.25) is 12.6 Å². The van der Waals surface area contributed by atoms with E-state index in [9.17, 15) is 45.0 Å². The van der Waals surface area contributed by atoms with Crippen molar-refractivity contribution >= 4 is 17.9 Å². The zero-order valence-corrected chi connectivity index (χ0v) is 27.4. The van der Waals surface area contributed by atoms with Crippen LogP contribution in [-0.4, -0.2) is 119 Å². The molecule has 6 N–H and O–H groups in total. The number of phenolic OH excluding ortho intramolecular Hbond substituents is 1. The lowest BCUT2D eigenvalue weighted by Gasteiger charge is -2.44. The van der Waals surface area contributed by atoms with Crippen LogP contribution < -0.4 is 0 Å². The van der Waals surface area contributed by atoms with Crippen molar-refractivity contribution in [3.8, 4) is 5.75 Å². The fourth-order valence-corrected chi connectivity index (χ4v) is 6.67. The van der Waals surface area contributed by atoms with Gasteiger partial charge in [-0.05, 0) is 36.3 Å². The van der Waals surface area contributed by atoms with E-state index >= 15 is 0 Å². The Morgan fingerprint density at radius 1 is 1.06 bits per heavy atom. The van der Waals surface area contributed by atoms with Gasteiger partial charge in [-0.3, -0.25) is 0 Å². The van der Waals surface area contributed by atoms with Gasteiger partial charge in [0.05, 0.1) is 31.1 Å². The predicted molar refractivity (Wildman–Crippen MR) is 167 cm³/mol. The van der Waals surface area contributed by atoms with Gasteiger partial charge in [-0.15, -0.1) is 0 Å². The molecule has 1 saturated heterocycles. The van der Waals surface area contributed by atoms with Gasteiger partial charge in [-0.1, -0.05) is 19.1 Å². The standard InChI is InChI=1S/C34H40O16/c1-15-21(47-32(43)17-5-4-6-18(36)11-17)12-19-20(31(41)42)14-46-33(26(15)19)50-34-30(29(40)28(39)24(13-35)48-34)49-25(37)8-7-16-9-22(44-2)27(38)23(10-16)45-3/h4-9,11,14-15,19,21,23-24,26,28-30,33-36,38-40H,10,12-13H2,1-3H3,(H,41,42). The van der Waals surface area contributed by atoms with Gasteiger partial charge in [-0.2, -0.15) is 0 Å². The topological polar surface area (TPSA) is 237 Å². The number of aliphatic hydroxyl groups excluding tert-OH is 4. The molecule has 16 nitrogen and oxygen atoms in total. The molecule has 5 rings (SSSR count). The minimum atomic E-state index is -1.79. The summed E-state index contributed by atoms with van der Waals surface area (Å²) in [6, 6.07) is 5.57. The number of carboxylic acids is 1. The molecule has 0 bridgehead atoms. The summed E-state index contributed by atoms with van der Waals surface area (Å²) in [7, 11) is 2.76. The molecule has 1 saturated carbocycles. The third kappa shape index (κ3) is 7.65. The number of aliphatic carboxylic acids is 1. The van der Waals surface area contributed by atoms with Gasteiger partial charge in [0, 0.05) is 37.4 Å². The van der Waals surface area contributed by atoms with Crippen molar-refractivity contribution in [1.29, 1.82) is 0 Å². The largest absolute Gasteiger partial charge is 0.508 e. The maximum Gasteiger partial charge on any atom is 0.338 e. The average Bonchev–Trinajstić information content (AvgIpc) is 3.42. The van der Waals surface area contributed by atoms with Crippen LogP contribution >= 0.6 is 0 Å². The second kappa shape index (κ2) is 15.6. The molecule has 11 unspecified atom stereocenters. The number of fused-ring (bicyclic) bond motifs is 1. The van der Waals surface area contributed by atoms with E-state index in [-0.39, 0.29) is 41.2 Å². The molecule has 2 fully saturated rings. The SMILES string of the molecule is COC1=C(O)C(OC)CC(C=CC(=O)OC2C(OC3OC=C(C(=O)O)C4CC(OC(=O)c5cccc(O)c5)C(C)C34)OC(CO)C(O)C2O)=C1. The number of carbonyl (C=O) groups is 3. The fraction of sp³-hybridized carbons (Fsp3) is 0.500. The van der Waals surface area contributed by atoms with E-state index < -0.39 is 91.5 Å². The van der Waals surface area contributed by atoms with Gasteiger partial charge in [0.15, 0.2) is 17.6 Å². The Labute approximate surface area is 286 Å². The van der Waals surface area contributed by atoms with Crippen molar-refractivity contribution < 1.29 is 78.2 Å². The Hall–Kier alpha value is -4.45. The number of hydrogen-bond donors (Lipinski definition) is 6. The predicted octanol–water partition coefficient (Wildman–Crippen LogP) is 1.20. The van der Waals surface area contributed by atoms with Gasteiger partial charge < -0.3 is 63.8 Å². The summed E-state index contributed by atoms with van der Waals surface area (Å²) in [5, 5.41) is 61.3. The lowest BCUT2D eigenvalue weighted by molar-refractivity contribution is -0.343. The summed E-state index contributed by atoms with van der Waals surface area (Å²) in [6.07, 6.45) is -5.68. The first-order valence-corrected chi connectivity index (χ1v) is 15.8. The summed E-state index contributed by atoms with van der Waals surface area (Å²) in [5.74, 6) is -5.12. The molecule has 11 atom stereocenters. The van der Waals surface area contributed by atoms with Gasteiger partial charge in [0.25, 0.3) is 0 Å².